The molecule has 0 saturated carbocycles. The van der Waals surface area contributed by atoms with Crippen LogP contribution in [0.2, 0.25) is 0 Å². The van der Waals surface area contributed by atoms with Gasteiger partial charge in [-0.05, 0) is 23.6 Å². The van der Waals surface area contributed by atoms with Crippen LogP contribution in [0.1, 0.15) is 16.8 Å². The van der Waals surface area contributed by atoms with Gasteiger partial charge in [-0.25, -0.2) is 4.79 Å². The maximum Gasteiger partial charge on any atom is 0.410 e. The second-order valence-electron chi connectivity index (χ2n) is 6.15. The molecule has 4 heteroatoms. The van der Waals surface area contributed by atoms with E-state index in [-0.39, 0.29) is 6.09 Å². The maximum atomic E-state index is 12.4. The van der Waals surface area contributed by atoms with Crippen molar-refractivity contribution < 1.29 is 9.53 Å². The molecule has 0 fully saturated rings. The average Bonchev–Trinajstić information content (AvgIpc) is 2.85. The van der Waals surface area contributed by atoms with Gasteiger partial charge in [0.05, 0.1) is 0 Å². The van der Waals surface area contributed by atoms with Gasteiger partial charge in [-0.1, -0.05) is 48.5 Å². The number of para-hydroxylation sites is 1. The van der Waals surface area contributed by atoms with Crippen molar-refractivity contribution in [3.05, 3.63) is 71.4 Å². The van der Waals surface area contributed by atoms with E-state index < -0.39 is 0 Å². The lowest BCUT2D eigenvalue weighted by Crippen LogP contribution is -2.33. The molecule has 0 radical (unpaired) electrons. The Kier molecular flexibility index (Phi) is 3.95. The molecule has 0 atom stereocenters. The van der Waals surface area contributed by atoms with Crippen molar-refractivity contribution in [2.75, 3.05) is 13.1 Å². The molecule has 1 amide bonds. The molecule has 2 aromatic carbocycles. The number of fused-ring (bicyclic) bond motifs is 3. The first-order valence-electron chi connectivity index (χ1n) is 8.35. The number of H-pyrrole nitrogens is 1. The van der Waals surface area contributed by atoms with Gasteiger partial charge < -0.3 is 14.6 Å². The molecule has 1 aliphatic heterocycles. The summed E-state index contributed by atoms with van der Waals surface area (Å²) in [4.78, 5) is 17.7. The van der Waals surface area contributed by atoms with Crippen LogP contribution in [0.15, 0.2) is 54.6 Å². The van der Waals surface area contributed by atoms with Crippen molar-refractivity contribution in [3.8, 4) is 0 Å². The van der Waals surface area contributed by atoms with Gasteiger partial charge in [0, 0.05) is 36.1 Å². The largest absolute Gasteiger partial charge is 0.445 e. The Morgan fingerprint density at radius 3 is 2.62 bits per heavy atom. The molecule has 4 nitrogen and oxygen atoms in total. The summed E-state index contributed by atoms with van der Waals surface area (Å²) in [5, 5.41) is 1.27. The molecular weight excluding hydrogens is 300 g/mol. The summed E-state index contributed by atoms with van der Waals surface area (Å²) in [6.45, 7) is 1.71. The molecule has 2 heterocycles. The van der Waals surface area contributed by atoms with E-state index in [0.29, 0.717) is 19.7 Å². The predicted octanol–water partition coefficient (Wildman–Crippen LogP) is 3.91. The Bertz CT molecular complexity index is 854. The minimum atomic E-state index is -0.228. The van der Waals surface area contributed by atoms with E-state index >= 15 is 0 Å². The lowest BCUT2D eigenvalue weighted by atomic mass is 10.1. The number of hydrogen-bond acceptors (Lipinski definition) is 2. The van der Waals surface area contributed by atoms with E-state index in [1.54, 1.807) is 0 Å². The molecule has 0 saturated heterocycles. The number of benzene rings is 2. The van der Waals surface area contributed by atoms with Crippen molar-refractivity contribution >= 4 is 17.0 Å². The standard InChI is InChI=1S/C20H20N2O2/c23-20(24-14-15-6-2-1-3-7-15)22-12-10-17-16-8-4-5-9-18(16)21-19(17)11-13-22/h1-9,21H,10-14H2. The van der Waals surface area contributed by atoms with E-state index in [1.807, 2.05) is 41.3 Å². The van der Waals surface area contributed by atoms with Crippen LogP contribution in [0.4, 0.5) is 4.79 Å². The van der Waals surface area contributed by atoms with E-state index in [9.17, 15) is 4.79 Å². The highest BCUT2D eigenvalue weighted by molar-refractivity contribution is 5.85. The Balaban J connectivity index is 1.42. The van der Waals surface area contributed by atoms with Gasteiger partial charge in [0.1, 0.15) is 6.61 Å². The average molecular weight is 320 g/mol. The Hall–Kier alpha value is -2.75. The van der Waals surface area contributed by atoms with Crippen LogP contribution in [0.25, 0.3) is 10.9 Å². The van der Waals surface area contributed by atoms with Gasteiger partial charge in [-0.15, -0.1) is 0 Å². The molecule has 24 heavy (non-hydrogen) atoms. The number of aromatic amines is 1. The first-order chi connectivity index (χ1) is 11.8. The van der Waals surface area contributed by atoms with Crippen LogP contribution < -0.4 is 0 Å². The molecule has 0 aliphatic carbocycles. The fourth-order valence-corrected chi connectivity index (χ4v) is 3.35. The van der Waals surface area contributed by atoms with Gasteiger partial charge in [0.2, 0.25) is 0 Å². The summed E-state index contributed by atoms with van der Waals surface area (Å²) < 4.78 is 5.46. The van der Waals surface area contributed by atoms with E-state index in [2.05, 4.69) is 23.2 Å². The van der Waals surface area contributed by atoms with Crippen LogP contribution >= 0.6 is 0 Å². The lowest BCUT2D eigenvalue weighted by Gasteiger charge is -2.19. The summed E-state index contributed by atoms with van der Waals surface area (Å²) in [5.74, 6) is 0. The molecular formula is C20H20N2O2. The molecule has 0 spiro atoms. The number of rotatable bonds is 2. The smallest absolute Gasteiger partial charge is 0.410 e. The van der Waals surface area contributed by atoms with Gasteiger partial charge >= 0.3 is 6.09 Å². The zero-order chi connectivity index (χ0) is 16.4. The second-order valence-corrected chi connectivity index (χ2v) is 6.15. The normalized spacial score (nSPS) is 14.2. The Labute approximate surface area is 141 Å². The van der Waals surface area contributed by atoms with Crippen molar-refractivity contribution in [3.63, 3.8) is 0 Å². The number of carbonyl (C=O) groups excluding carboxylic acids is 1. The number of carbonyl (C=O) groups is 1. The monoisotopic (exact) mass is 320 g/mol. The molecule has 3 aromatic rings. The summed E-state index contributed by atoms with van der Waals surface area (Å²) in [7, 11) is 0. The molecule has 1 aromatic heterocycles. The topological polar surface area (TPSA) is 45.3 Å². The minimum absolute atomic E-state index is 0.228. The molecule has 1 aliphatic rings. The summed E-state index contributed by atoms with van der Waals surface area (Å²) >= 11 is 0. The van der Waals surface area contributed by atoms with Crippen LogP contribution in [0.5, 0.6) is 0 Å². The number of nitrogens with one attached hydrogen (secondary N) is 1. The van der Waals surface area contributed by atoms with Gasteiger partial charge in [-0.3, -0.25) is 0 Å². The number of aromatic nitrogens is 1. The molecule has 122 valence electrons. The van der Waals surface area contributed by atoms with Crippen molar-refractivity contribution in [1.29, 1.82) is 0 Å². The van der Waals surface area contributed by atoms with Crippen molar-refractivity contribution in [2.45, 2.75) is 19.4 Å². The van der Waals surface area contributed by atoms with Gasteiger partial charge in [-0.2, -0.15) is 0 Å². The Morgan fingerprint density at radius 1 is 1.00 bits per heavy atom. The number of ether oxygens (including phenoxy) is 1. The number of amides is 1. The summed E-state index contributed by atoms with van der Waals surface area (Å²) in [5.41, 5.74) is 4.78. The number of nitrogens with zero attached hydrogens (tertiary/aromatic N) is 1. The Morgan fingerprint density at radius 2 is 1.75 bits per heavy atom. The minimum Gasteiger partial charge on any atom is -0.445 e. The van der Waals surface area contributed by atoms with Crippen LogP contribution in [-0.2, 0) is 24.2 Å². The highest BCUT2D eigenvalue weighted by atomic mass is 16.6. The van der Waals surface area contributed by atoms with E-state index in [1.165, 1.54) is 22.2 Å². The van der Waals surface area contributed by atoms with Crippen molar-refractivity contribution in [2.24, 2.45) is 0 Å². The highest BCUT2D eigenvalue weighted by Crippen LogP contribution is 2.25. The lowest BCUT2D eigenvalue weighted by molar-refractivity contribution is 0.0977. The fraction of sp³-hybridized carbons (Fsp3) is 0.250. The second kappa shape index (κ2) is 6.40. The third-order valence-electron chi connectivity index (χ3n) is 4.63. The molecule has 0 bridgehead atoms. The van der Waals surface area contributed by atoms with Gasteiger partial charge in [0.25, 0.3) is 0 Å². The van der Waals surface area contributed by atoms with E-state index in [4.69, 9.17) is 4.74 Å². The predicted molar refractivity (Wildman–Crippen MR) is 93.9 cm³/mol. The summed E-state index contributed by atoms with van der Waals surface area (Å²) in [6.07, 6.45) is 1.47. The highest BCUT2D eigenvalue weighted by Gasteiger charge is 2.22. The third kappa shape index (κ3) is 2.87. The summed E-state index contributed by atoms with van der Waals surface area (Å²) in [6, 6.07) is 18.2. The van der Waals surface area contributed by atoms with Crippen LogP contribution in [0, 0.1) is 0 Å². The molecule has 4 rings (SSSR count). The quantitative estimate of drug-likeness (QED) is 0.778. The maximum absolute atomic E-state index is 12.4. The van der Waals surface area contributed by atoms with Crippen LogP contribution in [0.3, 0.4) is 0 Å². The van der Waals surface area contributed by atoms with Gasteiger partial charge in [0.15, 0.2) is 0 Å². The van der Waals surface area contributed by atoms with Crippen LogP contribution in [-0.4, -0.2) is 29.1 Å². The number of hydrogen-bond donors (Lipinski definition) is 1. The SMILES string of the molecule is O=C(OCc1ccccc1)N1CCc2[nH]c3ccccc3c2CC1. The van der Waals surface area contributed by atoms with E-state index in [0.717, 1.165) is 18.4 Å². The first-order valence-corrected chi connectivity index (χ1v) is 8.35. The molecule has 1 N–H and O–H groups in total. The fourth-order valence-electron chi connectivity index (χ4n) is 3.35. The first kappa shape index (κ1) is 14.8. The van der Waals surface area contributed by atoms with Crippen molar-refractivity contribution in [1.82, 2.24) is 9.88 Å². The zero-order valence-electron chi connectivity index (χ0n) is 13.5. The zero-order valence-corrected chi connectivity index (χ0v) is 13.5. The molecule has 0 unspecified atom stereocenters. The third-order valence-corrected chi connectivity index (χ3v) is 4.63.